The molecule has 3 amide bonds. The summed E-state index contributed by atoms with van der Waals surface area (Å²) < 4.78 is 1.38. The number of aromatic nitrogens is 2. The third kappa shape index (κ3) is 2.25. The second kappa shape index (κ2) is 3.99. The Labute approximate surface area is 86.8 Å². The molecule has 15 heavy (non-hydrogen) atoms. The van der Waals surface area contributed by atoms with E-state index in [9.17, 15) is 9.59 Å². The molecule has 3 N–H and O–H groups in total. The normalized spacial score (nSPS) is 9.80. The average Bonchev–Trinajstić information content (AvgIpc) is 2.48. The van der Waals surface area contributed by atoms with E-state index in [2.05, 4.69) is 10.4 Å². The summed E-state index contributed by atoms with van der Waals surface area (Å²) >= 11 is 0. The highest BCUT2D eigenvalue weighted by atomic mass is 16.2. The number of anilines is 1. The van der Waals surface area contributed by atoms with Crippen LogP contribution in [0.1, 0.15) is 10.4 Å². The minimum Gasteiger partial charge on any atom is -0.365 e. The molecule has 0 radical (unpaired) electrons. The van der Waals surface area contributed by atoms with Crippen molar-refractivity contribution in [2.45, 2.75) is 0 Å². The van der Waals surface area contributed by atoms with Crippen LogP contribution in [0.15, 0.2) is 6.20 Å². The van der Waals surface area contributed by atoms with Crippen molar-refractivity contribution in [1.29, 1.82) is 0 Å². The summed E-state index contributed by atoms with van der Waals surface area (Å²) in [7, 11) is 4.79. The minimum absolute atomic E-state index is 0.188. The number of hydrogen-bond acceptors (Lipinski definition) is 3. The van der Waals surface area contributed by atoms with Gasteiger partial charge in [-0.3, -0.25) is 14.8 Å². The smallest absolute Gasteiger partial charge is 0.322 e. The second-order valence-electron chi connectivity index (χ2n) is 3.22. The number of nitrogens with two attached hydrogens (primary N) is 1. The summed E-state index contributed by atoms with van der Waals surface area (Å²) in [5.41, 5.74) is 5.31. The Morgan fingerprint density at radius 3 is 2.60 bits per heavy atom. The highest BCUT2D eigenvalue weighted by Crippen LogP contribution is 2.13. The molecular formula is C8H13N5O2. The predicted octanol–water partition coefficient (Wildman–Crippen LogP) is -0.388. The van der Waals surface area contributed by atoms with Crippen molar-refractivity contribution in [3.05, 3.63) is 11.8 Å². The van der Waals surface area contributed by atoms with Crippen molar-refractivity contribution < 1.29 is 9.59 Å². The Morgan fingerprint density at radius 1 is 1.53 bits per heavy atom. The van der Waals surface area contributed by atoms with Crippen LogP contribution in [0.25, 0.3) is 0 Å². The number of nitrogens with one attached hydrogen (secondary N) is 1. The molecule has 0 fully saturated rings. The van der Waals surface area contributed by atoms with Crippen LogP contribution in [0.3, 0.4) is 0 Å². The summed E-state index contributed by atoms with van der Waals surface area (Å²) in [4.78, 5) is 23.7. The maximum absolute atomic E-state index is 11.4. The van der Waals surface area contributed by atoms with E-state index in [1.807, 2.05) is 0 Å². The first-order chi connectivity index (χ1) is 6.93. The van der Waals surface area contributed by atoms with E-state index in [0.717, 1.165) is 0 Å². The molecule has 0 unspecified atom stereocenters. The van der Waals surface area contributed by atoms with Gasteiger partial charge in [-0.05, 0) is 0 Å². The highest BCUT2D eigenvalue weighted by Gasteiger charge is 2.16. The number of carbonyl (C=O) groups excluding carboxylic acids is 2. The lowest BCUT2D eigenvalue weighted by Gasteiger charge is -2.12. The monoisotopic (exact) mass is 211 g/mol. The van der Waals surface area contributed by atoms with Crippen LogP contribution >= 0.6 is 0 Å². The summed E-state index contributed by atoms with van der Waals surface area (Å²) in [5, 5.41) is 6.36. The SMILES string of the molecule is CN(C)C(=O)Nc1c(C(N)=O)cnn1C. The Morgan fingerprint density at radius 2 is 2.13 bits per heavy atom. The molecule has 0 aliphatic heterocycles. The molecule has 82 valence electrons. The zero-order valence-electron chi connectivity index (χ0n) is 8.81. The lowest BCUT2D eigenvalue weighted by Crippen LogP contribution is -2.29. The molecule has 1 rings (SSSR count). The number of carbonyl (C=O) groups is 2. The van der Waals surface area contributed by atoms with E-state index < -0.39 is 5.91 Å². The van der Waals surface area contributed by atoms with Gasteiger partial charge in [0.15, 0.2) is 0 Å². The largest absolute Gasteiger partial charge is 0.365 e. The molecule has 0 aliphatic rings. The first kappa shape index (κ1) is 11.0. The quantitative estimate of drug-likeness (QED) is 0.697. The standard InChI is InChI=1S/C8H13N5O2/c1-12(2)8(15)11-7-5(6(9)14)4-10-13(7)3/h4H,1-3H3,(H2,9,14)(H,11,15). The number of urea groups is 1. The van der Waals surface area contributed by atoms with Gasteiger partial charge in [-0.25, -0.2) is 4.79 Å². The molecule has 7 heteroatoms. The zero-order valence-corrected chi connectivity index (χ0v) is 8.81. The maximum Gasteiger partial charge on any atom is 0.322 e. The van der Waals surface area contributed by atoms with Gasteiger partial charge in [0.05, 0.1) is 6.20 Å². The fourth-order valence-corrected chi connectivity index (χ4v) is 0.979. The topological polar surface area (TPSA) is 93.2 Å². The average molecular weight is 211 g/mol. The molecule has 1 heterocycles. The Balaban J connectivity index is 2.98. The Kier molecular flexibility index (Phi) is 2.93. The van der Waals surface area contributed by atoms with Gasteiger partial charge >= 0.3 is 6.03 Å². The summed E-state index contributed by atoms with van der Waals surface area (Å²) in [6.07, 6.45) is 1.31. The third-order valence-electron chi connectivity index (χ3n) is 1.84. The van der Waals surface area contributed by atoms with Crippen LogP contribution in [0.4, 0.5) is 10.6 Å². The van der Waals surface area contributed by atoms with Crippen molar-refractivity contribution in [3.8, 4) is 0 Å². The van der Waals surface area contributed by atoms with Crippen LogP contribution in [-0.4, -0.2) is 40.7 Å². The lowest BCUT2D eigenvalue weighted by atomic mass is 10.3. The third-order valence-corrected chi connectivity index (χ3v) is 1.84. The van der Waals surface area contributed by atoms with E-state index in [4.69, 9.17) is 5.73 Å². The summed E-state index contributed by atoms with van der Waals surface area (Å²) in [5.74, 6) is -0.335. The van der Waals surface area contributed by atoms with Gasteiger partial charge in [0.1, 0.15) is 11.4 Å². The minimum atomic E-state index is -0.628. The summed E-state index contributed by atoms with van der Waals surface area (Å²) in [6, 6.07) is -0.346. The highest BCUT2D eigenvalue weighted by molar-refractivity contribution is 6.01. The van der Waals surface area contributed by atoms with Crippen molar-refractivity contribution in [2.75, 3.05) is 19.4 Å². The zero-order chi connectivity index (χ0) is 11.6. The van der Waals surface area contributed by atoms with Gasteiger partial charge in [-0.1, -0.05) is 0 Å². The maximum atomic E-state index is 11.4. The van der Waals surface area contributed by atoms with Crippen molar-refractivity contribution >= 4 is 17.8 Å². The van der Waals surface area contributed by atoms with Crippen LogP contribution in [-0.2, 0) is 7.05 Å². The van der Waals surface area contributed by atoms with E-state index in [1.165, 1.54) is 15.8 Å². The van der Waals surface area contributed by atoms with Crippen LogP contribution in [0, 0.1) is 0 Å². The van der Waals surface area contributed by atoms with Gasteiger partial charge in [0.2, 0.25) is 0 Å². The fourth-order valence-electron chi connectivity index (χ4n) is 0.979. The fraction of sp³-hybridized carbons (Fsp3) is 0.375. The number of hydrogen-bond donors (Lipinski definition) is 2. The van der Waals surface area contributed by atoms with Gasteiger partial charge in [-0.15, -0.1) is 0 Å². The second-order valence-corrected chi connectivity index (χ2v) is 3.22. The summed E-state index contributed by atoms with van der Waals surface area (Å²) in [6.45, 7) is 0. The van der Waals surface area contributed by atoms with Gasteiger partial charge < -0.3 is 10.6 Å². The first-order valence-corrected chi connectivity index (χ1v) is 4.23. The van der Waals surface area contributed by atoms with Crippen molar-refractivity contribution in [1.82, 2.24) is 14.7 Å². The molecule has 0 saturated heterocycles. The van der Waals surface area contributed by atoms with E-state index in [0.29, 0.717) is 5.82 Å². The van der Waals surface area contributed by atoms with Crippen molar-refractivity contribution in [3.63, 3.8) is 0 Å². The van der Waals surface area contributed by atoms with E-state index in [1.54, 1.807) is 21.1 Å². The number of primary amides is 1. The van der Waals surface area contributed by atoms with Crippen LogP contribution in [0.2, 0.25) is 0 Å². The van der Waals surface area contributed by atoms with Crippen LogP contribution in [0.5, 0.6) is 0 Å². The molecule has 0 bridgehead atoms. The molecule has 1 aromatic rings. The first-order valence-electron chi connectivity index (χ1n) is 4.23. The van der Waals surface area contributed by atoms with Gasteiger partial charge in [0, 0.05) is 21.1 Å². The number of rotatable bonds is 2. The molecular weight excluding hydrogens is 198 g/mol. The lowest BCUT2D eigenvalue weighted by molar-refractivity contribution is 0.100. The number of nitrogens with zero attached hydrogens (tertiary/aromatic N) is 3. The Bertz CT molecular complexity index is 396. The van der Waals surface area contributed by atoms with Gasteiger partial charge in [0.25, 0.3) is 5.91 Å². The Hall–Kier alpha value is -2.05. The van der Waals surface area contributed by atoms with Crippen molar-refractivity contribution in [2.24, 2.45) is 12.8 Å². The molecule has 0 aliphatic carbocycles. The number of aryl methyl sites for hydroxylation is 1. The molecule has 1 aromatic heterocycles. The molecule has 0 spiro atoms. The molecule has 0 aromatic carbocycles. The number of amides is 3. The van der Waals surface area contributed by atoms with Crippen LogP contribution < -0.4 is 11.1 Å². The predicted molar refractivity (Wildman–Crippen MR) is 54.4 cm³/mol. The van der Waals surface area contributed by atoms with E-state index in [-0.39, 0.29) is 11.6 Å². The molecule has 7 nitrogen and oxygen atoms in total. The van der Waals surface area contributed by atoms with Gasteiger partial charge in [-0.2, -0.15) is 5.10 Å². The molecule has 0 atom stereocenters. The molecule has 0 saturated carbocycles. The van der Waals surface area contributed by atoms with E-state index >= 15 is 0 Å².